The SMILES string of the molecule is Cc1cc(N)nc(C)c1Cn1nc(Cc2ccccc2)cc1C(N)=O. The van der Waals surface area contributed by atoms with E-state index in [1.807, 2.05) is 50.2 Å². The number of nitrogens with zero attached hydrogens (tertiary/aromatic N) is 3. The molecule has 0 aliphatic heterocycles. The van der Waals surface area contributed by atoms with Crippen LogP contribution in [0.1, 0.15) is 38.6 Å². The van der Waals surface area contributed by atoms with Crippen LogP contribution >= 0.6 is 0 Å². The molecule has 0 spiro atoms. The number of carbonyl (C=O) groups is 1. The van der Waals surface area contributed by atoms with Crippen molar-refractivity contribution in [2.75, 3.05) is 5.73 Å². The Balaban J connectivity index is 1.94. The molecule has 0 unspecified atom stereocenters. The highest BCUT2D eigenvalue weighted by atomic mass is 16.1. The van der Waals surface area contributed by atoms with Crippen LogP contribution in [0.15, 0.2) is 42.5 Å². The Morgan fingerprint density at radius 3 is 2.52 bits per heavy atom. The Bertz CT molecular complexity index is 892. The van der Waals surface area contributed by atoms with E-state index in [-0.39, 0.29) is 0 Å². The second-order valence-corrected chi connectivity index (χ2v) is 6.13. The quantitative estimate of drug-likeness (QED) is 0.746. The van der Waals surface area contributed by atoms with Crippen molar-refractivity contribution in [2.24, 2.45) is 5.73 Å². The standard InChI is InChI=1S/C19H21N5O/c1-12-8-18(20)22-13(2)16(12)11-24-17(19(21)25)10-15(23-24)9-14-6-4-3-5-7-14/h3-8,10H,9,11H2,1-2H3,(H2,20,22)(H2,21,25). The average molecular weight is 335 g/mol. The fourth-order valence-electron chi connectivity index (χ4n) is 2.96. The van der Waals surface area contributed by atoms with Crippen molar-refractivity contribution in [3.8, 4) is 0 Å². The number of anilines is 1. The first-order chi connectivity index (χ1) is 11.9. The lowest BCUT2D eigenvalue weighted by atomic mass is 10.1. The number of aryl methyl sites for hydroxylation is 2. The number of carbonyl (C=O) groups excluding carboxylic acids is 1. The molecule has 4 N–H and O–H groups in total. The number of nitrogens with two attached hydrogens (primary N) is 2. The summed E-state index contributed by atoms with van der Waals surface area (Å²) in [6.45, 7) is 4.30. The first-order valence-electron chi connectivity index (χ1n) is 8.07. The summed E-state index contributed by atoms with van der Waals surface area (Å²) >= 11 is 0. The Morgan fingerprint density at radius 1 is 1.16 bits per heavy atom. The van der Waals surface area contributed by atoms with E-state index in [9.17, 15) is 4.79 Å². The average Bonchev–Trinajstić information content (AvgIpc) is 2.94. The lowest BCUT2D eigenvalue weighted by Gasteiger charge is -2.11. The number of pyridine rings is 1. The number of amides is 1. The number of aromatic nitrogens is 3. The molecule has 0 saturated carbocycles. The minimum Gasteiger partial charge on any atom is -0.384 e. The molecule has 25 heavy (non-hydrogen) atoms. The van der Waals surface area contributed by atoms with E-state index in [1.165, 1.54) is 0 Å². The molecule has 128 valence electrons. The van der Waals surface area contributed by atoms with E-state index in [4.69, 9.17) is 11.5 Å². The van der Waals surface area contributed by atoms with Crippen molar-refractivity contribution < 1.29 is 4.79 Å². The molecule has 0 aliphatic carbocycles. The maximum Gasteiger partial charge on any atom is 0.266 e. The van der Waals surface area contributed by atoms with Crippen LogP contribution in [0.4, 0.5) is 5.82 Å². The summed E-state index contributed by atoms with van der Waals surface area (Å²) in [7, 11) is 0. The maximum atomic E-state index is 11.8. The second-order valence-electron chi connectivity index (χ2n) is 6.13. The molecule has 0 saturated heterocycles. The zero-order valence-electron chi connectivity index (χ0n) is 14.4. The van der Waals surface area contributed by atoms with Gasteiger partial charge in [0.05, 0.1) is 12.2 Å². The minimum absolute atomic E-state index is 0.390. The summed E-state index contributed by atoms with van der Waals surface area (Å²) in [5, 5.41) is 4.58. The zero-order chi connectivity index (χ0) is 18.0. The van der Waals surface area contributed by atoms with Crippen LogP contribution in [0, 0.1) is 13.8 Å². The molecule has 6 nitrogen and oxygen atoms in total. The van der Waals surface area contributed by atoms with Crippen molar-refractivity contribution in [1.82, 2.24) is 14.8 Å². The Morgan fingerprint density at radius 2 is 1.88 bits per heavy atom. The first-order valence-corrected chi connectivity index (χ1v) is 8.07. The Labute approximate surface area is 146 Å². The van der Waals surface area contributed by atoms with Crippen LogP contribution in [-0.4, -0.2) is 20.7 Å². The lowest BCUT2D eigenvalue weighted by molar-refractivity contribution is 0.0990. The molecule has 3 aromatic rings. The van der Waals surface area contributed by atoms with Gasteiger partial charge < -0.3 is 11.5 Å². The molecular formula is C19H21N5O. The van der Waals surface area contributed by atoms with Gasteiger partial charge in [0.2, 0.25) is 0 Å². The fourth-order valence-corrected chi connectivity index (χ4v) is 2.96. The molecule has 0 atom stereocenters. The topological polar surface area (TPSA) is 99.8 Å². The molecule has 0 aliphatic rings. The van der Waals surface area contributed by atoms with Gasteiger partial charge in [0.15, 0.2) is 0 Å². The molecule has 3 rings (SSSR count). The van der Waals surface area contributed by atoms with Crippen LogP contribution in [0.5, 0.6) is 0 Å². The van der Waals surface area contributed by atoms with Gasteiger partial charge in [0.25, 0.3) is 5.91 Å². The van der Waals surface area contributed by atoms with Gasteiger partial charge >= 0.3 is 0 Å². The van der Waals surface area contributed by atoms with Gasteiger partial charge in [-0.3, -0.25) is 9.48 Å². The van der Waals surface area contributed by atoms with Crippen LogP contribution in [-0.2, 0) is 13.0 Å². The van der Waals surface area contributed by atoms with Crippen molar-refractivity contribution in [3.05, 3.63) is 76.2 Å². The summed E-state index contributed by atoms with van der Waals surface area (Å²) in [5.74, 6) is -0.00960. The van der Waals surface area contributed by atoms with Crippen LogP contribution in [0.3, 0.4) is 0 Å². The van der Waals surface area contributed by atoms with Crippen molar-refractivity contribution in [3.63, 3.8) is 0 Å². The van der Waals surface area contributed by atoms with Crippen molar-refractivity contribution in [2.45, 2.75) is 26.8 Å². The highest BCUT2D eigenvalue weighted by Crippen LogP contribution is 2.18. The molecule has 0 bridgehead atoms. The number of benzene rings is 1. The Kier molecular flexibility index (Phi) is 4.52. The van der Waals surface area contributed by atoms with E-state index in [1.54, 1.807) is 10.7 Å². The van der Waals surface area contributed by atoms with E-state index in [0.29, 0.717) is 24.5 Å². The maximum absolute atomic E-state index is 11.8. The van der Waals surface area contributed by atoms with Gasteiger partial charge in [0.1, 0.15) is 11.5 Å². The van der Waals surface area contributed by atoms with E-state index < -0.39 is 5.91 Å². The highest BCUT2D eigenvalue weighted by molar-refractivity contribution is 5.91. The largest absolute Gasteiger partial charge is 0.384 e. The molecule has 0 fully saturated rings. The smallest absolute Gasteiger partial charge is 0.266 e. The summed E-state index contributed by atoms with van der Waals surface area (Å²) in [5.41, 5.74) is 16.5. The molecular weight excluding hydrogens is 314 g/mol. The van der Waals surface area contributed by atoms with Gasteiger partial charge in [-0.1, -0.05) is 30.3 Å². The van der Waals surface area contributed by atoms with Gasteiger partial charge in [-0.15, -0.1) is 0 Å². The van der Waals surface area contributed by atoms with Gasteiger partial charge in [-0.25, -0.2) is 4.98 Å². The molecule has 2 heterocycles. The number of hydrogen-bond donors (Lipinski definition) is 2. The number of primary amides is 1. The summed E-state index contributed by atoms with van der Waals surface area (Å²) in [4.78, 5) is 16.1. The van der Waals surface area contributed by atoms with Crippen LogP contribution in [0.25, 0.3) is 0 Å². The first kappa shape index (κ1) is 16.7. The normalized spacial score (nSPS) is 10.8. The third kappa shape index (κ3) is 3.68. The minimum atomic E-state index is -0.495. The van der Waals surface area contributed by atoms with Crippen molar-refractivity contribution in [1.29, 1.82) is 0 Å². The van der Waals surface area contributed by atoms with E-state index in [2.05, 4.69) is 10.1 Å². The van der Waals surface area contributed by atoms with E-state index in [0.717, 1.165) is 28.1 Å². The molecule has 0 radical (unpaired) electrons. The van der Waals surface area contributed by atoms with Crippen LogP contribution < -0.4 is 11.5 Å². The van der Waals surface area contributed by atoms with Crippen molar-refractivity contribution >= 4 is 11.7 Å². The highest BCUT2D eigenvalue weighted by Gasteiger charge is 2.15. The molecule has 1 aromatic carbocycles. The third-order valence-corrected chi connectivity index (χ3v) is 4.19. The molecule has 6 heteroatoms. The predicted molar refractivity (Wildman–Crippen MR) is 97.2 cm³/mol. The summed E-state index contributed by atoms with van der Waals surface area (Å²) < 4.78 is 1.65. The van der Waals surface area contributed by atoms with Gasteiger partial charge in [0, 0.05) is 12.1 Å². The van der Waals surface area contributed by atoms with Crippen LogP contribution in [0.2, 0.25) is 0 Å². The number of hydrogen-bond acceptors (Lipinski definition) is 4. The fraction of sp³-hybridized carbons (Fsp3) is 0.211. The lowest BCUT2D eigenvalue weighted by Crippen LogP contribution is -2.19. The third-order valence-electron chi connectivity index (χ3n) is 4.19. The Hall–Kier alpha value is -3.15. The summed E-state index contributed by atoms with van der Waals surface area (Å²) in [6, 6.07) is 13.6. The van der Waals surface area contributed by atoms with E-state index >= 15 is 0 Å². The number of nitrogen functional groups attached to an aromatic ring is 1. The molecule has 2 aromatic heterocycles. The zero-order valence-corrected chi connectivity index (χ0v) is 14.4. The van der Waals surface area contributed by atoms with Gasteiger partial charge in [-0.2, -0.15) is 5.10 Å². The second kappa shape index (κ2) is 6.76. The monoisotopic (exact) mass is 335 g/mol. The number of rotatable bonds is 5. The molecule has 1 amide bonds. The predicted octanol–water partition coefficient (Wildman–Crippen LogP) is 2.22. The van der Waals surface area contributed by atoms with Gasteiger partial charge in [-0.05, 0) is 42.7 Å². The summed E-state index contributed by atoms with van der Waals surface area (Å²) in [6.07, 6.45) is 0.645.